The highest BCUT2D eigenvalue weighted by Gasteiger charge is 2.05. The monoisotopic (exact) mass is 293 g/mol. The number of nitrogens with two attached hydrogens (primary N) is 1. The number of primary amides is 1. The van der Waals surface area contributed by atoms with E-state index in [-0.39, 0.29) is 0 Å². The molecule has 21 heavy (non-hydrogen) atoms. The number of benzene rings is 1. The SMILES string of the molecule is CCCCCCOc1ccc(C=NNC(N)=O)cc1OC. The van der Waals surface area contributed by atoms with Crippen molar-refractivity contribution in [2.45, 2.75) is 32.6 Å². The van der Waals surface area contributed by atoms with Gasteiger partial charge in [0, 0.05) is 0 Å². The molecule has 0 unspecified atom stereocenters. The standard InChI is InChI=1S/C15H23N3O3/c1-3-4-5-6-9-21-13-8-7-12(10-14(13)20-2)11-17-18-15(16)19/h7-8,10-11H,3-6,9H2,1-2H3,(H3,16,18,19). The molecule has 1 rings (SSSR count). The van der Waals surface area contributed by atoms with Gasteiger partial charge in [-0.15, -0.1) is 0 Å². The number of methoxy groups -OCH3 is 1. The summed E-state index contributed by atoms with van der Waals surface area (Å²) in [6.07, 6.45) is 6.11. The van der Waals surface area contributed by atoms with Crippen molar-refractivity contribution in [1.82, 2.24) is 5.43 Å². The lowest BCUT2D eigenvalue weighted by Gasteiger charge is -2.11. The fraction of sp³-hybridized carbons (Fsp3) is 0.467. The molecule has 0 saturated carbocycles. The maximum atomic E-state index is 10.5. The zero-order chi connectivity index (χ0) is 15.5. The topological polar surface area (TPSA) is 85.9 Å². The van der Waals surface area contributed by atoms with E-state index < -0.39 is 6.03 Å². The van der Waals surface area contributed by atoms with E-state index in [2.05, 4.69) is 17.5 Å². The van der Waals surface area contributed by atoms with E-state index >= 15 is 0 Å². The van der Waals surface area contributed by atoms with Crippen LogP contribution in [0.15, 0.2) is 23.3 Å². The van der Waals surface area contributed by atoms with Crippen molar-refractivity contribution in [2.75, 3.05) is 13.7 Å². The van der Waals surface area contributed by atoms with E-state index in [0.717, 1.165) is 12.0 Å². The lowest BCUT2D eigenvalue weighted by atomic mass is 10.2. The van der Waals surface area contributed by atoms with Crippen molar-refractivity contribution in [3.8, 4) is 11.5 Å². The van der Waals surface area contributed by atoms with Crippen molar-refractivity contribution in [3.05, 3.63) is 23.8 Å². The smallest absolute Gasteiger partial charge is 0.332 e. The molecule has 0 radical (unpaired) electrons. The van der Waals surface area contributed by atoms with Crippen molar-refractivity contribution in [3.63, 3.8) is 0 Å². The number of hydrogen-bond acceptors (Lipinski definition) is 4. The van der Waals surface area contributed by atoms with Crippen LogP contribution in [0.4, 0.5) is 4.79 Å². The Balaban J connectivity index is 2.57. The third-order valence-electron chi connectivity index (χ3n) is 2.83. The molecule has 0 spiro atoms. The minimum atomic E-state index is -0.703. The number of hydrazone groups is 1. The lowest BCUT2D eigenvalue weighted by molar-refractivity contribution is 0.249. The van der Waals surface area contributed by atoms with E-state index in [1.165, 1.54) is 25.5 Å². The Hall–Kier alpha value is -2.24. The van der Waals surface area contributed by atoms with Gasteiger partial charge in [-0.2, -0.15) is 5.10 Å². The second-order valence-electron chi connectivity index (χ2n) is 4.55. The Labute approximate surface area is 125 Å². The molecule has 0 atom stereocenters. The van der Waals surface area contributed by atoms with Crippen LogP contribution >= 0.6 is 0 Å². The molecule has 1 aromatic carbocycles. The molecule has 0 bridgehead atoms. The van der Waals surface area contributed by atoms with Gasteiger partial charge in [-0.1, -0.05) is 26.2 Å². The van der Waals surface area contributed by atoms with Gasteiger partial charge < -0.3 is 15.2 Å². The summed E-state index contributed by atoms with van der Waals surface area (Å²) in [7, 11) is 1.59. The zero-order valence-electron chi connectivity index (χ0n) is 12.6. The second kappa shape index (κ2) is 9.63. The van der Waals surface area contributed by atoms with Gasteiger partial charge in [0.2, 0.25) is 0 Å². The van der Waals surface area contributed by atoms with E-state index in [9.17, 15) is 4.79 Å². The largest absolute Gasteiger partial charge is 0.493 e. The van der Waals surface area contributed by atoms with E-state index in [4.69, 9.17) is 15.2 Å². The molecule has 3 N–H and O–H groups in total. The quantitative estimate of drug-likeness (QED) is 0.417. The molecule has 0 aliphatic heterocycles. The van der Waals surface area contributed by atoms with Crippen LogP contribution in [0.1, 0.15) is 38.2 Å². The number of hydrogen-bond donors (Lipinski definition) is 2. The summed E-state index contributed by atoms with van der Waals surface area (Å²) in [5, 5.41) is 3.70. The van der Waals surface area contributed by atoms with Crippen LogP contribution in [0.2, 0.25) is 0 Å². The Kier molecular flexibility index (Phi) is 7.71. The van der Waals surface area contributed by atoms with Crippen molar-refractivity contribution in [1.29, 1.82) is 0 Å². The summed E-state index contributed by atoms with van der Waals surface area (Å²) in [6, 6.07) is 4.73. The first-order chi connectivity index (χ1) is 10.2. The van der Waals surface area contributed by atoms with Gasteiger partial charge in [0.15, 0.2) is 11.5 Å². The van der Waals surface area contributed by atoms with Crippen molar-refractivity contribution < 1.29 is 14.3 Å². The summed E-state index contributed by atoms with van der Waals surface area (Å²) in [6.45, 7) is 2.85. The predicted molar refractivity (Wildman–Crippen MR) is 82.9 cm³/mol. The average Bonchev–Trinajstić information content (AvgIpc) is 2.47. The van der Waals surface area contributed by atoms with Crippen LogP contribution in [0.3, 0.4) is 0 Å². The number of nitrogens with zero attached hydrogens (tertiary/aromatic N) is 1. The minimum Gasteiger partial charge on any atom is -0.493 e. The van der Waals surface area contributed by atoms with E-state index in [1.54, 1.807) is 13.2 Å². The highest BCUT2D eigenvalue weighted by atomic mass is 16.5. The lowest BCUT2D eigenvalue weighted by Crippen LogP contribution is -2.24. The number of rotatable bonds is 9. The molecule has 0 heterocycles. The van der Waals surface area contributed by atoms with Crippen LogP contribution in [-0.2, 0) is 0 Å². The normalized spacial score (nSPS) is 10.6. The number of urea groups is 1. The van der Waals surface area contributed by atoms with E-state index in [0.29, 0.717) is 18.1 Å². The molecular formula is C15H23N3O3. The maximum absolute atomic E-state index is 10.5. The molecule has 0 fully saturated rings. The third kappa shape index (κ3) is 6.65. The van der Waals surface area contributed by atoms with Crippen LogP contribution in [0, 0.1) is 0 Å². The molecule has 0 saturated heterocycles. The van der Waals surface area contributed by atoms with Crippen molar-refractivity contribution >= 4 is 12.2 Å². The van der Waals surface area contributed by atoms with Gasteiger partial charge in [-0.3, -0.25) is 0 Å². The first kappa shape index (κ1) is 16.8. The summed E-state index contributed by atoms with van der Waals surface area (Å²) >= 11 is 0. The van der Waals surface area contributed by atoms with Gasteiger partial charge in [-0.25, -0.2) is 10.2 Å². The number of nitrogens with one attached hydrogen (secondary N) is 1. The van der Waals surface area contributed by atoms with Gasteiger partial charge >= 0.3 is 6.03 Å². The van der Waals surface area contributed by atoms with E-state index in [1.807, 2.05) is 12.1 Å². The fourth-order valence-corrected chi connectivity index (χ4v) is 1.77. The van der Waals surface area contributed by atoms with Crippen LogP contribution in [0.25, 0.3) is 0 Å². The van der Waals surface area contributed by atoms with Crippen LogP contribution in [-0.4, -0.2) is 26.0 Å². The molecule has 1 aromatic rings. The zero-order valence-corrected chi connectivity index (χ0v) is 12.6. The number of carbonyl (C=O) groups is 1. The average molecular weight is 293 g/mol. The Morgan fingerprint density at radius 2 is 2.14 bits per heavy atom. The molecule has 6 heteroatoms. The summed E-state index contributed by atoms with van der Waals surface area (Å²) in [5.41, 5.74) is 7.83. The third-order valence-corrected chi connectivity index (χ3v) is 2.83. The minimum absolute atomic E-state index is 0.633. The summed E-state index contributed by atoms with van der Waals surface area (Å²) < 4.78 is 11.0. The van der Waals surface area contributed by atoms with Crippen LogP contribution in [0.5, 0.6) is 11.5 Å². The number of ether oxygens (including phenoxy) is 2. The Morgan fingerprint density at radius 3 is 2.81 bits per heavy atom. The maximum Gasteiger partial charge on any atom is 0.332 e. The second-order valence-corrected chi connectivity index (χ2v) is 4.55. The van der Waals surface area contributed by atoms with Gasteiger partial charge in [0.05, 0.1) is 19.9 Å². The Morgan fingerprint density at radius 1 is 1.33 bits per heavy atom. The number of amides is 2. The molecule has 0 aliphatic rings. The predicted octanol–water partition coefficient (Wildman–Crippen LogP) is 2.66. The number of unbranched alkanes of at least 4 members (excludes halogenated alkanes) is 3. The molecule has 116 valence electrons. The molecule has 0 aliphatic carbocycles. The first-order valence-electron chi connectivity index (χ1n) is 7.06. The molecule has 2 amide bonds. The van der Waals surface area contributed by atoms with Crippen molar-refractivity contribution in [2.24, 2.45) is 10.8 Å². The van der Waals surface area contributed by atoms with Gasteiger partial charge in [0.1, 0.15) is 0 Å². The molecular weight excluding hydrogens is 270 g/mol. The highest BCUT2D eigenvalue weighted by molar-refractivity contribution is 5.82. The molecule has 0 aromatic heterocycles. The summed E-state index contributed by atoms with van der Waals surface area (Å²) in [4.78, 5) is 10.5. The fourth-order valence-electron chi connectivity index (χ4n) is 1.77. The number of carbonyl (C=O) groups excluding carboxylic acids is 1. The van der Waals surface area contributed by atoms with Crippen LogP contribution < -0.4 is 20.6 Å². The van der Waals surface area contributed by atoms with Gasteiger partial charge in [0.25, 0.3) is 0 Å². The van der Waals surface area contributed by atoms with Gasteiger partial charge in [-0.05, 0) is 30.2 Å². The Bertz CT molecular complexity index is 475. The first-order valence-corrected chi connectivity index (χ1v) is 7.06. The molecule has 6 nitrogen and oxygen atoms in total. The summed E-state index contributed by atoms with van der Waals surface area (Å²) in [5.74, 6) is 1.34. The highest BCUT2D eigenvalue weighted by Crippen LogP contribution is 2.27.